The summed E-state index contributed by atoms with van der Waals surface area (Å²) in [6.07, 6.45) is -3.73. The first-order chi connectivity index (χ1) is 7.23. The summed E-state index contributed by atoms with van der Waals surface area (Å²) in [5.74, 6) is -2.31. The predicted molar refractivity (Wildman–Crippen MR) is 54.0 cm³/mol. The Labute approximate surface area is 91.2 Å². The Morgan fingerprint density at radius 2 is 1.62 bits per heavy atom. The summed E-state index contributed by atoms with van der Waals surface area (Å²) < 4.78 is 36.2. The second-order valence-corrected chi connectivity index (χ2v) is 2.26. The first-order valence-corrected chi connectivity index (χ1v) is 4.31. The van der Waals surface area contributed by atoms with Gasteiger partial charge in [-0.3, -0.25) is 0 Å². The number of hydrogen-bond acceptors (Lipinski definition) is 2. The Morgan fingerprint density at radius 1 is 1.19 bits per heavy atom. The zero-order chi connectivity index (χ0) is 13.4. The molecule has 0 radical (unpaired) electrons. The molecule has 16 heavy (non-hydrogen) atoms. The van der Waals surface area contributed by atoms with Crippen molar-refractivity contribution in [2.45, 2.75) is 20.0 Å². The van der Waals surface area contributed by atoms with Crippen molar-refractivity contribution in [2.24, 2.45) is 0 Å². The number of hydrogen-bond donors (Lipinski definition) is 2. The van der Waals surface area contributed by atoms with Crippen LogP contribution in [0.1, 0.15) is 13.8 Å². The standard InChI is InChI=1S/C8H7F3O3.C2H6/c1-5(12)4-6(8(9,10)11)2-3-7(13)14;1-2/h2-4,12H,1H2,(H,13,14);1-2H3/b3-2-,6-4+;. The van der Waals surface area contributed by atoms with Crippen LogP contribution in [0.2, 0.25) is 0 Å². The van der Waals surface area contributed by atoms with Crippen LogP contribution in [0.3, 0.4) is 0 Å². The van der Waals surface area contributed by atoms with Gasteiger partial charge in [-0.2, -0.15) is 13.2 Å². The molecule has 0 aliphatic heterocycles. The van der Waals surface area contributed by atoms with E-state index in [1.165, 1.54) is 0 Å². The Balaban J connectivity index is 0. The summed E-state index contributed by atoms with van der Waals surface area (Å²) >= 11 is 0. The average molecular weight is 238 g/mol. The van der Waals surface area contributed by atoms with E-state index in [4.69, 9.17) is 10.2 Å². The third kappa shape index (κ3) is 8.86. The number of aliphatic carboxylic acids is 1. The number of carboxylic acid groups (broad SMARTS) is 1. The van der Waals surface area contributed by atoms with Gasteiger partial charge in [-0.05, 0) is 12.2 Å². The fraction of sp³-hybridized carbons (Fsp3) is 0.300. The second kappa shape index (κ2) is 7.56. The first-order valence-electron chi connectivity index (χ1n) is 4.31. The summed E-state index contributed by atoms with van der Waals surface area (Å²) in [6, 6.07) is 0. The van der Waals surface area contributed by atoms with Gasteiger partial charge in [-0.15, -0.1) is 0 Å². The monoisotopic (exact) mass is 238 g/mol. The van der Waals surface area contributed by atoms with Gasteiger partial charge in [-0.1, -0.05) is 20.4 Å². The van der Waals surface area contributed by atoms with Gasteiger partial charge in [0, 0.05) is 6.08 Å². The van der Waals surface area contributed by atoms with Gasteiger partial charge >= 0.3 is 12.1 Å². The van der Waals surface area contributed by atoms with Gasteiger partial charge in [0.05, 0.1) is 5.57 Å². The minimum atomic E-state index is -4.72. The number of carboxylic acids is 1. The molecular weight excluding hydrogens is 225 g/mol. The number of carbonyl (C=O) groups is 1. The quantitative estimate of drug-likeness (QED) is 0.451. The Morgan fingerprint density at radius 3 is 1.88 bits per heavy atom. The van der Waals surface area contributed by atoms with Gasteiger partial charge in [0.2, 0.25) is 0 Å². The second-order valence-electron chi connectivity index (χ2n) is 2.26. The smallest absolute Gasteiger partial charge is 0.416 e. The molecule has 92 valence electrons. The van der Waals surface area contributed by atoms with E-state index in [0.717, 1.165) is 0 Å². The van der Waals surface area contributed by atoms with Crippen LogP contribution in [-0.4, -0.2) is 22.4 Å². The molecule has 0 heterocycles. The molecule has 0 aliphatic rings. The van der Waals surface area contributed by atoms with E-state index >= 15 is 0 Å². The lowest BCUT2D eigenvalue weighted by Crippen LogP contribution is -2.10. The lowest BCUT2D eigenvalue weighted by molar-refractivity contribution is -0.131. The zero-order valence-corrected chi connectivity index (χ0v) is 8.88. The molecule has 0 atom stereocenters. The minimum Gasteiger partial charge on any atom is -0.509 e. The van der Waals surface area contributed by atoms with Gasteiger partial charge in [0.15, 0.2) is 0 Å². The molecule has 0 amide bonds. The molecule has 3 nitrogen and oxygen atoms in total. The highest BCUT2D eigenvalue weighted by atomic mass is 19.4. The van der Waals surface area contributed by atoms with E-state index in [0.29, 0.717) is 18.2 Å². The van der Waals surface area contributed by atoms with Crippen LogP contribution >= 0.6 is 0 Å². The minimum absolute atomic E-state index is 0.322. The van der Waals surface area contributed by atoms with E-state index in [2.05, 4.69) is 6.58 Å². The topological polar surface area (TPSA) is 57.5 Å². The number of alkyl halides is 3. The molecule has 0 aromatic rings. The zero-order valence-electron chi connectivity index (χ0n) is 8.88. The van der Waals surface area contributed by atoms with Gasteiger partial charge in [0.25, 0.3) is 0 Å². The Kier molecular flexibility index (Phi) is 7.89. The van der Waals surface area contributed by atoms with Crippen LogP contribution in [-0.2, 0) is 4.79 Å². The van der Waals surface area contributed by atoms with Crippen molar-refractivity contribution in [3.05, 3.63) is 36.1 Å². The molecule has 0 saturated heterocycles. The van der Waals surface area contributed by atoms with Crippen LogP contribution in [0.5, 0.6) is 0 Å². The first kappa shape index (κ1) is 16.7. The number of rotatable bonds is 3. The van der Waals surface area contributed by atoms with Crippen LogP contribution in [0, 0.1) is 0 Å². The lowest BCUT2D eigenvalue weighted by Gasteiger charge is -2.06. The highest BCUT2D eigenvalue weighted by Gasteiger charge is 2.31. The van der Waals surface area contributed by atoms with Crippen LogP contribution < -0.4 is 0 Å². The number of allylic oxidation sites excluding steroid dienone is 3. The van der Waals surface area contributed by atoms with Gasteiger partial charge < -0.3 is 10.2 Å². The molecule has 2 N–H and O–H groups in total. The summed E-state index contributed by atoms with van der Waals surface area (Å²) in [6.45, 7) is 6.83. The van der Waals surface area contributed by atoms with Crippen LogP contribution in [0.25, 0.3) is 0 Å². The fourth-order valence-corrected chi connectivity index (χ4v) is 0.565. The third-order valence-corrected chi connectivity index (χ3v) is 1.05. The highest BCUT2D eigenvalue weighted by molar-refractivity contribution is 5.80. The number of halogens is 3. The number of aliphatic hydroxyl groups excluding tert-OH is 1. The molecule has 0 spiro atoms. The maximum Gasteiger partial charge on any atom is 0.416 e. The van der Waals surface area contributed by atoms with E-state index in [1.807, 2.05) is 13.8 Å². The summed E-state index contributed by atoms with van der Waals surface area (Å²) in [5, 5.41) is 16.6. The van der Waals surface area contributed by atoms with Gasteiger partial charge in [-0.25, -0.2) is 4.79 Å². The van der Waals surface area contributed by atoms with E-state index in [9.17, 15) is 18.0 Å². The summed E-state index contributed by atoms with van der Waals surface area (Å²) in [4.78, 5) is 9.95. The SMILES string of the molecule is C=C(O)/C=C(\C=C/C(=O)O)C(F)(F)F.CC. The molecule has 0 aromatic carbocycles. The van der Waals surface area contributed by atoms with Crippen molar-refractivity contribution in [1.82, 2.24) is 0 Å². The molecule has 0 aliphatic carbocycles. The highest BCUT2D eigenvalue weighted by Crippen LogP contribution is 2.27. The Hall–Kier alpha value is -1.72. The summed E-state index contributed by atoms with van der Waals surface area (Å²) in [7, 11) is 0. The van der Waals surface area contributed by atoms with Crippen molar-refractivity contribution in [3.63, 3.8) is 0 Å². The molecule has 0 bridgehead atoms. The van der Waals surface area contributed by atoms with Gasteiger partial charge in [0.1, 0.15) is 5.76 Å². The third-order valence-electron chi connectivity index (χ3n) is 1.05. The van der Waals surface area contributed by atoms with Crippen molar-refractivity contribution in [2.75, 3.05) is 0 Å². The van der Waals surface area contributed by atoms with Crippen molar-refractivity contribution >= 4 is 5.97 Å². The molecule has 0 saturated carbocycles. The maximum absolute atomic E-state index is 12.1. The molecule has 0 aromatic heterocycles. The van der Waals surface area contributed by atoms with Crippen molar-refractivity contribution in [1.29, 1.82) is 0 Å². The average Bonchev–Trinajstić information content (AvgIpc) is 2.13. The van der Waals surface area contributed by atoms with Crippen LogP contribution in [0.15, 0.2) is 36.1 Å². The number of aliphatic hydroxyl groups is 1. The molecular formula is C10H13F3O3. The molecule has 0 unspecified atom stereocenters. The van der Waals surface area contributed by atoms with E-state index in [-0.39, 0.29) is 0 Å². The molecule has 0 fully saturated rings. The van der Waals surface area contributed by atoms with Crippen molar-refractivity contribution in [3.8, 4) is 0 Å². The lowest BCUT2D eigenvalue weighted by atomic mass is 10.2. The van der Waals surface area contributed by atoms with Crippen molar-refractivity contribution < 1.29 is 28.2 Å². The maximum atomic E-state index is 12.1. The summed E-state index contributed by atoms with van der Waals surface area (Å²) in [5.41, 5.74) is -1.28. The van der Waals surface area contributed by atoms with E-state index < -0.39 is 23.5 Å². The normalized spacial score (nSPS) is 11.9. The predicted octanol–water partition coefficient (Wildman–Crippen LogP) is 3.21. The Bertz CT molecular complexity index is 301. The molecule has 0 rings (SSSR count). The largest absolute Gasteiger partial charge is 0.509 e. The molecule has 6 heteroatoms. The fourth-order valence-electron chi connectivity index (χ4n) is 0.565. The van der Waals surface area contributed by atoms with E-state index in [1.54, 1.807) is 0 Å². The van der Waals surface area contributed by atoms with Crippen LogP contribution in [0.4, 0.5) is 13.2 Å².